The lowest BCUT2D eigenvalue weighted by atomic mass is 10.1. The summed E-state index contributed by atoms with van der Waals surface area (Å²) in [5, 5.41) is 2.84. The zero-order valence-electron chi connectivity index (χ0n) is 22.7. The lowest BCUT2D eigenvalue weighted by Gasteiger charge is -2.22. The molecule has 0 saturated heterocycles. The van der Waals surface area contributed by atoms with Crippen molar-refractivity contribution >= 4 is 33.2 Å². The van der Waals surface area contributed by atoms with Crippen LogP contribution in [0.4, 0.5) is 11.4 Å². The lowest BCUT2D eigenvalue weighted by Crippen LogP contribution is -2.39. The van der Waals surface area contributed by atoms with Gasteiger partial charge in [-0.05, 0) is 72.5 Å². The second-order valence-electron chi connectivity index (χ2n) is 9.71. The zero-order valence-corrected chi connectivity index (χ0v) is 23.5. The number of amides is 2. The van der Waals surface area contributed by atoms with Gasteiger partial charge in [0.25, 0.3) is 5.91 Å². The van der Waals surface area contributed by atoms with E-state index >= 15 is 0 Å². The quantitative estimate of drug-likeness (QED) is 0.297. The molecule has 0 aromatic heterocycles. The normalized spacial score (nSPS) is 12.7. The number of ether oxygens (including phenoxy) is 1. The molecule has 5 rings (SSSR count). The van der Waals surface area contributed by atoms with Gasteiger partial charge in [-0.3, -0.25) is 9.59 Å². The monoisotopic (exact) mass is 569 g/mol. The van der Waals surface area contributed by atoms with E-state index in [0.29, 0.717) is 36.4 Å². The fourth-order valence-corrected chi connectivity index (χ4v) is 6.26. The number of hydrogen-bond donors (Lipinski definition) is 1. The highest BCUT2D eigenvalue weighted by Crippen LogP contribution is 2.32. The molecule has 0 atom stereocenters. The number of carbonyl (C=O) groups is 2. The molecule has 41 heavy (non-hydrogen) atoms. The average Bonchev–Trinajstić information content (AvgIpc) is 3.43. The van der Waals surface area contributed by atoms with E-state index in [4.69, 9.17) is 4.74 Å². The average molecular weight is 570 g/mol. The van der Waals surface area contributed by atoms with E-state index in [0.717, 1.165) is 16.8 Å². The molecular formula is C32H31N3O5S. The molecule has 1 aliphatic rings. The Morgan fingerprint density at radius 3 is 2.27 bits per heavy atom. The molecular weight excluding hydrogens is 538 g/mol. The van der Waals surface area contributed by atoms with Crippen molar-refractivity contribution < 1.29 is 22.7 Å². The Hall–Kier alpha value is -4.47. The number of nitrogens with zero attached hydrogens (tertiary/aromatic N) is 2. The molecule has 0 spiro atoms. The van der Waals surface area contributed by atoms with Gasteiger partial charge in [-0.2, -0.15) is 4.31 Å². The van der Waals surface area contributed by atoms with E-state index in [-0.39, 0.29) is 23.9 Å². The Bertz CT molecular complexity index is 1630. The molecule has 0 unspecified atom stereocenters. The molecule has 210 valence electrons. The molecule has 4 aromatic rings. The van der Waals surface area contributed by atoms with Gasteiger partial charge in [0.15, 0.2) is 0 Å². The van der Waals surface area contributed by atoms with Crippen molar-refractivity contribution in [2.45, 2.75) is 17.7 Å². The number of rotatable bonds is 10. The molecule has 0 saturated carbocycles. The first-order chi connectivity index (χ1) is 19.8. The lowest BCUT2D eigenvalue weighted by molar-refractivity contribution is -0.116. The molecule has 4 aromatic carbocycles. The van der Waals surface area contributed by atoms with Crippen LogP contribution in [0.15, 0.2) is 108 Å². The predicted octanol–water partition coefficient (Wildman–Crippen LogP) is 4.77. The fourth-order valence-electron chi connectivity index (χ4n) is 4.84. The van der Waals surface area contributed by atoms with Crippen molar-refractivity contribution in [1.29, 1.82) is 0 Å². The van der Waals surface area contributed by atoms with Crippen molar-refractivity contribution in [1.82, 2.24) is 4.31 Å². The van der Waals surface area contributed by atoms with Crippen LogP contribution < -0.4 is 15.0 Å². The third kappa shape index (κ3) is 6.48. The summed E-state index contributed by atoms with van der Waals surface area (Å²) in [5.41, 5.74) is 3.72. The predicted molar refractivity (Wildman–Crippen MR) is 159 cm³/mol. The molecule has 0 aliphatic carbocycles. The van der Waals surface area contributed by atoms with Gasteiger partial charge in [0, 0.05) is 30.0 Å². The highest BCUT2D eigenvalue weighted by molar-refractivity contribution is 7.89. The Morgan fingerprint density at radius 1 is 0.902 bits per heavy atom. The van der Waals surface area contributed by atoms with Crippen LogP contribution in [0.3, 0.4) is 0 Å². The number of fused-ring (bicyclic) bond motifs is 1. The van der Waals surface area contributed by atoms with Crippen molar-refractivity contribution in [3.63, 3.8) is 0 Å². The second kappa shape index (κ2) is 12.4. The first kappa shape index (κ1) is 28.1. The Labute approximate surface area is 240 Å². The van der Waals surface area contributed by atoms with Crippen molar-refractivity contribution in [3.05, 3.63) is 120 Å². The summed E-state index contributed by atoms with van der Waals surface area (Å²) < 4.78 is 33.4. The van der Waals surface area contributed by atoms with Crippen LogP contribution in [0, 0.1) is 0 Å². The van der Waals surface area contributed by atoms with E-state index < -0.39 is 15.9 Å². The summed E-state index contributed by atoms with van der Waals surface area (Å²) in [7, 11) is -2.34. The topological polar surface area (TPSA) is 96.0 Å². The smallest absolute Gasteiger partial charge is 0.258 e. The highest BCUT2D eigenvalue weighted by Gasteiger charge is 2.28. The maximum absolute atomic E-state index is 13.5. The third-order valence-corrected chi connectivity index (χ3v) is 8.90. The number of carbonyl (C=O) groups excluding carboxylic acids is 2. The highest BCUT2D eigenvalue weighted by atomic mass is 32.2. The van der Waals surface area contributed by atoms with E-state index in [1.54, 1.807) is 66.6 Å². The molecule has 2 amide bonds. The van der Waals surface area contributed by atoms with Gasteiger partial charge in [-0.1, -0.05) is 54.6 Å². The maximum atomic E-state index is 13.5. The van der Waals surface area contributed by atoms with Crippen LogP contribution in [0.2, 0.25) is 0 Å². The minimum absolute atomic E-state index is 0.131. The van der Waals surface area contributed by atoms with Gasteiger partial charge in [-0.25, -0.2) is 8.42 Å². The Balaban J connectivity index is 1.32. The third-order valence-electron chi connectivity index (χ3n) is 7.04. The number of benzene rings is 4. The van der Waals surface area contributed by atoms with Crippen LogP contribution >= 0.6 is 0 Å². The first-order valence-electron chi connectivity index (χ1n) is 13.3. The number of sulfonamides is 1. The van der Waals surface area contributed by atoms with Gasteiger partial charge in [0.2, 0.25) is 15.9 Å². The van der Waals surface area contributed by atoms with E-state index in [1.807, 2.05) is 36.4 Å². The first-order valence-corrected chi connectivity index (χ1v) is 14.8. The maximum Gasteiger partial charge on any atom is 0.258 e. The summed E-state index contributed by atoms with van der Waals surface area (Å²) in [6, 6.07) is 30.0. The fraction of sp³-hybridized carbons (Fsp3) is 0.188. The molecule has 1 N–H and O–H groups in total. The number of nitrogens with one attached hydrogen (secondary N) is 1. The zero-order chi connectivity index (χ0) is 28.8. The van der Waals surface area contributed by atoms with Crippen LogP contribution in [0.25, 0.3) is 0 Å². The molecule has 1 aliphatic heterocycles. The van der Waals surface area contributed by atoms with Crippen molar-refractivity contribution in [2.75, 3.05) is 37.0 Å². The summed E-state index contributed by atoms with van der Waals surface area (Å²) in [6.07, 6.45) is 1.16. The van der Waals surface area contributed by atoms with Gasteiger partial charge in [0.1, 0.15) is 5.75 Å². The molecule has 0 radical (unpaired) electrons. The minimum Gasteiger partial charge on any atom is -0.497 e. The van der Waals surface area contributed by atoms with Crippen molar-refractivity contribution in [2.24, 2.45) is 0 Å². The molecule has 1 heterocycles. The van der Waals surface area contributed by atoms with Crippen LogP contribution in [0.1, 0.15) is 21.5 Å². The number of methoxy groups -OCH3 is 1. The largest absolute Gasteiger partial charge is 0.497 e. The van der Waals surface area contributed by atoms with Gasteiger partial charge >= 0.3 is 0 Å². The van der Waals surface area contributed by atoms with E-state index in [2.05, 4.69) is 5.32 Å². The van der Waals surface area contributed by atoms with Crippen LogP contribution in [-0.2, 0) is 27.7 Å². The van der Waals surface area contributed by atoms with Crippen LogP contribution in [0.5, 0.6) is 5.75 Å². The Morgan fingerprint density at radius 2 is 1.59 bits per heavy atom. The summed E-state index contributed by atoms with van der Waals surface area (Å²) in [5.74, 6) is 0.0555. The molecule has 9 heteroatoms. The van der Waals surface area contributed by atoms with E-state index in [9.17, 15) is 18.0 Å². The summed E-state index contributed by atoms with van der Waals surface area (Å²) in [4.78, 5) is 28.3. The van der Waals surface area contributed by atoms with Gasteiger partial charge < -0.3 is 15.0 Å². The van der Waals surface area contributed by atoms with Gasteiger partial charge in [-0.15, -0.1) is 0 Å². The standard InChI is InChI=1S/C32H31N3O5S/c1-40-28-16-13-26(14-17-28)32(37)35-21-19-25-12-15-27(22-30(25)35)33-31(36)23-34(20-18-24-8-4-2-5-9-24)41(38,39)29-10-6-3-7-11-29/h2-17,22H,18-21,23H2,1H3,(H,33,36). The SMILES string of the molecule is COc1ccc(C(=O)N2CCc3ccc(NC(=O)CN(CCc4ccccc4)S(=O)(=O)c4ccccc4)cc32)cc1. The molecule has 0 fully saturated rings. The number of anilines is 2. The number of hydrogen-bond acceptors (Lipinski definition) is 5. The molecule has 8 nitrogen and oxygen atoms in total. The summed E-state index contributed by atoms with van der Waals surface area (Å²) >= 11 is 0. The van der Waals surface area contributed by atoms with Crippen LogP contribution in [-0.4, -0.2) is 51.3 Å². The summed E-state index contributed by atoms with van der Waals surface area (Å²) in [6.45, 7) is 0.318. The second-order valence-corrected chi connectivity index (χ2v) is 11.7. The van der Waals surface area contributed by atoms with Crippen molar-refractivity contribution in [3.8, 4) is 5.75 Å². The van der Waals surface area contributed by atoms with E-state index in [1.165, 1.54) is 16.4 Å². The minimum atomic E-state index is -3.91. The molecule has 0 bridgehead atoms. The van der Waals surface area contributed by atoms with Gasteiger partial charge in [0.05, 0.1) is 18.6 Å². The Kier molecular flexibility index (Phi) is 8.47.